The molecule has 7 rings (SSSR count). The Labute approximate surface area is 156 Å². The second-order valence-corrected chi connectivity index (χ2v) is 9.57. The molecule has 0 spiro atoms. The molecule has 26 heavy (non-hydrogen) atoms. The Morgan fingerprint density at radius 1 is 0.962 bits per heavy atom. The van der Waals surface area contributed by atoms with Gasteiger partial charge in [0, 0.05) is 31.9 Å². The SMILES string of the molecule is O=C(c1cccnc1N1C[C@@H]2C3CCC(CC3)[C@@H]2C1)N1C[C@H]2CC[C@@H]1C2. The lowest BCUT2D eigenvalue weighted by Gasteiger charge is -2.44. The van der Waals surface area contributed by atoms with Gasteiger partial charge < -0.3 is 9.80 Å². The van der Waals surface area contributed by atoms with Gasteiger partial charge >= 0.3 is 0 Å². The van der Waals surface area contributed by atoms with Crippen LogP contribution >= 0.6 is 0 Å². The van der Waals surface area contributed by atoms with Gasteiger partial charge in [-0.15, -0.1) is 0 Å². The highest BCUT2D eigenvalue weighted by molar-refractivity contribution is 5.99. The number of pyridine rings is 1. The predicted molar refractivity (Wildman–Crippen MR) is 101 cm³/mol. The molecule has 4 nitrogen and oxygen atoms in total. The maximum atomic E-state index is 13.3. The van der Waals surface area contributed by atoms with E-state index in [4.69, 9.17) is 4.98 Å². The molecular weight excluding hydrogens is 322 g/mol. The van der Waals surface area contributed by atoms with Gasteiger partial charge in [0.05, 0.1) is 5.56 Å². The number of hydrogen-bond acceptors (Lipinski definition) is 3. The van der Waals surface area contributed by atoms with Crippen LogP contribution in [0.3, 0.4) is 0 Å². The minimum Gasteiger partial charge on any atom is -0.355 e. The van der Waals surface area contributed by atoms with Crippen LogP contribution in [-0.2, 0) is 0 Å². The number of piperidine rings is 1. The van der Waals surface area contributed by atoms with E-state index in [2.05, 4.69) is 9.80 Å². The van der Waals surface area contributed by atoms with E-state index in [1.165, 1.54) is 44.9 Å². The van der Waals surface area contributed by atoms with Crippen molar-refractivity contribution < 1.29 is 4.79 Å². The normalized spacial score (nSPS) is 40.3. The van der Waals surface area contributed by atoms with Crippen LogP contribution < -0.4 is 4.90 Å². The van der Waals surface area contributed by atoms with Gasteiger partial charge in [0.1, 0.15) is 5.82 Å². The van der Waals surface area contributed by atoms with E-state index in [1.807, 2.05) is 18.3 Å². The zero-order valence-electron chi connectivity index (χ0n) is 15.5. The highest BCUT2D eigenvalue weighted by Crippen LogP contribution is 2.52. The van der Waals surface area contributed by atoms with Gasteiger partial charge in [0.15, 0.2) is 0 Å². The van der Waals surface area contributed by atoms with Crippen molar-refractivity contribution in [1.29, 1.82) is 0 Å². The molecule has 138 valence electrons. The Balaban J connectivity index is 1.29. The number of anilines is 1. The molecule has 2 aliphatic heterocycles. The fourth-order valence-corrected chi connectivity index (χ4v) is 7.17. The molecule has 0 aromatic carbocycles. The van der Waals surface area contributed by atoms with Crippen molar-refractivity contribution in [2.75, 3.05) is 24.5 Å². The Hall–Kier alpha value is -1.58. The third-order valence-electron chi connectivity index (χ3n) is 8.43. The summed E-state index contributed by atoms with van der Waals surface area (Å²) in [5.41, 5.74) is 0.853. The van der Waals surface area contributed by atoms with Crippen LogP contribution in [0.1, 0.15) is 55.3 Å². The number of amides is 1. The number of carbonyl (C=O) groups excluding carboxylic acids is 1. The summed E-state index contributed by atoms with van der Waals surface area (Å²) in [5, 5.41) is 0. The molecule has 3 heterocycles. The summed E-state index contributed by atoms with van der Waals surface area (Å²) in [6, 6.07) is 4.45. The van der Waals surface area contributed by atoms with Gasteiger partial charge in [0.25, 0.3) is 5.91 Å². The average molecular weight is 351 g/mol. The lowest BCUT2D eigenvalue weighted by atomic mass is 9.60. The molecule has 6 fully saturated rings. The van der Waals surface area contributed by atoms with Crippen LogP contribution in [0.5, 0.6) is 0 Å². The second-order valence-electron chi connectivity index (χ2n) is 9.57. The van der Waals surface area contributed by atoms with Gasteiger partial charge in [-0.1, -0.05) is 0 Å². The van der Waals surface area contributed by atoms with Crippen molar-refractivity contribution in [2.45, 2.75) is 51.0 Å². The Morgan fingerprint density at radius 2 is 1.69 bits per heavy atom. The number of hydrogen-bond donors (Lipinski definition) is 0. The Kier molecular flexibility index (Phi) is 3.40. The first kappa shape index (κ1) is 15.5. The van der Waals surface area contributed by atoms with Gasteiger partial charge in [-0.25, -0.2) is 4.98 Å². The minimum atomic E-state index is 0.234. The van der Waals surface area contributed by atoms with Crippen LogP contribution in [0.25, 0.3) is 0 Å². The van der Waals surface area contributed by atoms with E-state index in [1.54, 1.807) is 0 Å². The summed E-state index contributed by atoms with van der Waals surface area (Å²) in [6.07, 6.45) is 11.3. The summed E-state index contributed by atoms with van der Waals surface area (Å²) in [6.45, 7) is 3.21. The average Bonchev–Trinajstić information content (AvgIpc) is 3.43. The van der Waals surface area contributed by atoms with Gasteiger partial charge in [-0.05, 0) is 86.7 Å². The first-order valence-electron chi connectivity index (χ1n) is 10.8. The van der Waals surface area contributed by atoms with Crippen LogP contribution in [0.4, 0.5) is 5.82 Å². The van der Waals surface area contributed by atoms with Crippen LogP contribution in [0, 0.1) is 29.6 Å². The van der Waals surface area contributed by atoms with Gasteiger partial charge in [0.2, 0.25) is 0 Å². The number of aromatic nitrogens is 1. The van der Waals surface area contributed by atoms with Crippen molar-refractivity contribution in [3.05, 3.63) is 23.9 Å². The highest BCUT2D eigenvalue weighted by atomic mass is 16.2. The van der Waals surface area contributed by atoms with E-state index in [0.29, 0.717) is 6.04 Å². The first-order chi connectivity index (χ1) is 12.8. The monoisotopic (exact) mass is 351 g/mol. The van der Waals surface area contributed by atoms with Crippen molar-refractivity contribution in [3.63, 3.8) is 0 Å². The van der Waals surface area contributed by atoms with E-state index in [0.717, 1.165) is 60.6 Å². The van der Waals surface area contributed by atoms with Crippen LogP contribution in [0.2, 0.25) is 0 Å². The molecule has 4 saturated carbocycles. The zero-order valence-corrected chi connectivity index (χ0v) is 15.5. The van der Waals surface area contributed by atoms with Crippen molar-refractivity contribution >= 4 is 11.7 Å². The molecule has 0 radical (unpaired) electrons. The molecule has 0 N–H and O–H groups in total. The maximum absolute atomic E-state index is 13.3. The summed E-state index contributed by atoms with van der Waals surface area (Å²) in [7, 11) is 0. The van der Waals surface area contributed by atoms with Crippen molar-refractivity contribution in [1.82, 2.24) is 9.88 Å². The molecule has 2 saturated heterocycles. The highest BCUT2D eigenvalue weighted by Gasteiger charge is 2.49. The summed E-state index contributed by atoms with van der Waals surface area (Å²) >= 11 is 0. The third kappa shape index (κ3) is 2.20. The number of carbonyl (C=O) groups is 1. The van der Waals surface area contributed by atoms with E-state index in [9.17, 15) is 4.79 Å². The number of nitrogens with zero attached hydrogens (tertiary/aromatic N) is 3. The van der Waals surface area contributed by atoms with Crippen LogP contribution in [-0.4, -0.2) is 41.5 Å². The largest absolute Gasteiger partial charge is 0.355 e. The molecule has 4 atom stereocenters. The molecule has 1 amide bonds. The van der Waals surface area contributed by atoms with Crippen molar-refractivity contribution in [3.8, 4) is 0 Å². The molecule has 6 aliphatic rings. The molecule has 4 heteroatoms. The quantitative estimate of drug-likeness (QED) is 0.817. The van der Waals surface area contributed by atoms with Gasteiger partial charge in [-0.2, -0.15) is 0 Å². The molecule has 0 unspecified atom stereocenters. The van der Waals surface area contributed by atoms with E-state index >= 15 is 0 Å². The lowest BCUT2D eigenvalue weighted by molar-refractivity contribution is 0.0577. The smallest absolute Gasteiger partial charge is 0.257 e. The number of fused-ring (bicyclic) bond motifs is 4. The lowest BCUT2D eigenvalue weighted by Crippen LogP contribution is -2.38. The molecule has 4 bridgehead atoms. The topological polar surface area (TPSA) is 36.4 Å². The Morgan fingerprint density at radius 3 is 2.31 bits per heavy atom. The number of rotatable bonds is 2. The van der Waals surface area contributed by atoms with E-state index in [-0.39, 0.29) is 5.91 Å². The van der Waals surface area contributed by atoms with Crippen molar-refractivity contribution in [2.24, 2.45) is 29.6 Å². The number of likely N-dealkylation sites (tertiary alicyclic amines) is 1. The third-order valence-corrected chi connectivity index (χ3v) is 8.43. The Bertz CT molecular complexity index is 706. The summed E-state index contributed by atoms with van der Waals surface area (Å²) < 4.78 is 0. The molecule has 1 aromatic rings. The summed E-state index contributed by atoms with van der Waals surface area (Å²) in [5.74, 6) is 5.48. The minimum absolute atomic E-state index is 0.234. The fourth-order valence-electron chi connectivity index (χ4n) is 7.17. The van der Waals surface area contributed by atoms with Crippen LogP contribution in [0.15, 0.2) is 18.3 Å². The molecule has 4 aliphatic carbocycles. The maximum Gasteiger partial charge on any atom is 0.257 e. The summed E-state index contributed by atoms with van der Waals surface area (Å²) in [4.78, 5) is 22.7. The molecule has 1 aromatic heterocycles. The predicted octanol–water partition coefficient (Wildman–Crippen LogP) is 3.58. The zero-order chi connectivity index (χ0) is 17.3. The molecular formula is C22H29N3O. The van der Waals surface area contributed by atoms with Gasteiger partial charge in [-0.3, -0.25) is 4.79 Å². The standard InChI is InChI=1S/C22H29N3O/c26-22(25-11-14-3-8-17(25)10-14)18-2-1-9-23-21(18)24-12-19-15-4-5-16(7-6-15)20(19)13-24/h1-2,9,14-17,19-20H,3-8,10-13H2/t14-,15?,16?,17+,19-,20+/m0/s1. The fraction of sp³-hybridized carbons (Fsp3) is 0.727. The van der Waals surface area contributed by atoms with E-state index < -0.39 is 0 Å². The second kappa shape index (κ2) is 5.71. The first-order valence-corrected chi connectivity index (χ1v) is 10.8.